The zero-order valence-electron chi connectivity index (χ0n) is 15.0. The summed E-state index contributed by atoms with van der Waals surface area (Å²) in [5, 5.41) is 4.07. The molecule has 0 radical (unpaired) electrons. The van der Waals surface area contributed by atoms with E-state index in [2.05, 4.69) is 17.1 Å². The van der Waals surface area contributed by atoms with Gasteiger partial charge in [-0.1, -0.05) is 69.9 Å². The molecule has 1 aromatic carbocycles. The van der Waals surface area contributed by atoms with Crippen LogP contribution in [-0.2, 0) is 6.42 Å². The molecule has 0 saturated carbocycles. The summed E-state index contributed by atoms with van der Waals surface area (Å²) in [6, 6.07) is 7.52. The molecule has 0 aliphatic carbocycles. The van der Waals surface area contributed by atoms with Crippen molar-refractivity contribution in [3.8, 4) is 11.5 Å². The predicted octanol–water partition coefficient (Wildman–Crippen LogP) is 5.78. The first-order chi connectivity index (χ1) is 11.8. The van der Waals surface area contributed by atoms with E-state index in [-0.39, 0.29) is 0 Å². The number of nitrogens with zero attached hydrogens (tertiary/aromatic N) is 2. The summed E-state index contributed by atoms with van der Waals surface area (Å²) in [6.45, 7) is 2.27. The third-order valence-electron chi connectivity index (χ3n) is 4.38. The summed E-state index contributed by atoms with van der Waals surface area (Å²) in [7, 11) is 0. The minimum absolute atomic E-state index is 0.581. The highest BCUT2D eigenvalue weighted by Crippen LogP contribution is 2.19. The van der Waals surface area contributed by atoms with E-state index in [1.807, 2.05) is 24.3 Å². The van der Waals surface area contributed by atoms with E-state index in [4.69, 9.17) is 10.3 Å². The van der Waals surface area contributed by atoms with E-state index in [1.54, 1.807) is 0 Å². The smallest absolute Gasteiger partial charge is 0.257 e. The van der Waals surface area contributed by atoms with E-state index < -0.39 is 0 Å². The maximum Gasteiger partial charge on any atom is 0.257 e. The van der Waals surface area contributed by atoms with Crippen LogP contribution in [0.15, 0.2) is 28.8 Å². The lowest BCUT2D eigenvalue weighted by molar-refractivity contribution is 0.421. The second-order valence-corrected chi connectivity index (χ2v) is 6.57. The first kappa shape index (κ1) is 18.5. The Hall–Kier alpha value is -1.84. The van der Waals surface area contributed by atoms with Gasteiger partial charge in [0.25, 0.3) is 5.89 Å². The summed E-state index contributed by atoms with van der Waals surface area (Å²) >= 11 is 0. The Labute approximate surface area is 145 Å². The number of hydrogen-bond acceptors (Lipinski definition) is 4. The zero-order valence-corrected chi connectivity index (χ0v) is 15.0. The second kappa shape index (κ2) is 10.8. The first-order valence-corrected chi connectivity index (χ1v) is 9.48. The lowest BCUT2D eigenvalue weighted by Crippen LogP contribution is -1.89. The SMILES string of the molecule is CCCCCCCCCCCCc1noc(-c2ccc(N)cc2)n1. The van der Waals surface area contributed by atoms with E-state index >= 15 is 0 Å². The molecule has 0 spiro atoms. The molecule has 132 valence electrons. The highest BCUT2D eigenvalue weighted by atomic mass is 16.5. The molecule has 4 heteroatoms. The van der Waals surface area contributed by atoms with Crippen molar-refractivity contribution in [2.45, 2.75) is 77.6 Å². The molecule has 2 aromatic rings. The summed E-state index contributed by atoms with van der Waals surface area (Å²) in [4.78, 5) is 4.47. The van der Waals surface area contributed by atoms with E-state index in [0.717, 1.165) is 29.9 Å². The first-order valence-electron chi connectivity index (χ1n) is 9.48. The molecule has 1 heterocycles. The fraction of sp³-hybridized carbons (Fsp3) is 0.600. The van der Waals surface area contributed by atoms with Crippen LogP contribution in [0, 0.1) is 0 Å². The molecule has 2 N–H and O–H groups in total. The van der Waals surface area contributed by atoms with E-state index in [9.17, 15) is 0 Å². The average Bonchev–Trinajstić information content (AvgIpc) is 3.06. The van der Waals surface area contributed by atoms with Gasteiger partial charge in [0.05, 0.1) is 0 Å². The van der Waals surface area contributed by atoms with Crippen LogP contribution in [0.2, 0.25) is 0 Å². The molecule has 0 fully saturated rings. The largest absolute Gasteiger partial charge is 0.399 e. The van der Waals surface area contributed by atoms with Gasteiger partial charge in [-0.25, -0.2) is 0 Å². The molecule has 0 bridgehead atoms. The standard InChI is InChI=1S/C20H31N3O/c1-2-3-4-5-6-7-8-9-10-11-12-19-22-20(24-23-19)17-13-15-18(21)16-14-17/h13-16H,2-12,21H2,1H3. The van der Waals surface area contributed by atoms with Crippen LogP contribution in [0.5, 0.6) is 0 Å². The molecule has 0 aliphatic rings. The van der Waals surface area contributed by atoms with Crippen molar-refractivity contribution in [2.75, 3.05) is 5.73 Å². The minimum atomic E-state index is 0.581. The molecule has 0 amide bonds. The topological polar surface area (TPSA) is 64.9 Å². The molecular weight excluding hydrogens is 298 g/mol. The number of anilines is 1. The molecule has 0 saturated heterocycles. The Balaban J connectivity index is 1.56. The van der Waals surface area contributed by atoms with Crippen molar-refractivity contribution in [2.24, 2.45) is 0 Å². The average molecular weight is 329 g/mol. The van der Waals surface area contributed by atoms with Gasteiger partial charge < -0.3 is 10.3 Å². The Morgan fingerprint density at radius 2 is 1.42 bits per heavy atom. The molecule has 4 nitrogen and oxygen atoms in total. The number of nitrogens with two attached hydrogens (primary N) is 1. The number of rotatable bonds is 12. The van der Waals surface area contributed by atoms with Crippen molar-refractivity contribution in [3.05, 3.63) is 30.1 Å². The predicted molar refractivity (Wildman–Crippen MR) is 99.7 cm³/mol. The van der Waals surface area contributed by atoms with Gasteiger partial charge in [0.1, 0.15) is 0 Å². The number of unbranched alkanes of at least 4 members (excludes halogenated alkanes) is 9. The number of aromatic nitrogens is 2. The van der Waals surface area contributed by atoms with Gasteiger partial charge in [-0.2, -0.15) is 4.98 Å². The maximum absolute atomic E-state index is 5.69. The summed E-state index contributed by atoms with van der Waals surface area (Å²) < 4.78 is 5.33. The van der Waals surface area contributed by atoms with Crippen molar-refractivity contribution in [3.63, 3.8) is 0 Å². The Morgan fingerprint density at radius 3 is 2.04 bits per heavy atom. The van der Waals surface area contributed by atoms with Gasteiger partial charge in [0.15, 0.2) is 5.82 Å². The third-order valence-corrected chi connectivity index (χ3v) is 4.38. The van der Waals surface area contributed by atoms with Crippen LogP contribution >= 0.6 is 0 Å². The highest BCUT2D eigenvalue weighted by Gasteiger charge is 2.08. The van der Waals surface area contributed by atoms with Crippen LogP contribution < -0.4 is 5.73 Å². The molecule has 24 heavy (non-hydrogen) atoms. The molecule has 2 rings (SSSR count). The fourth-order valence-corrected chi connectivity index (χ4v) is 2.87. The van der Waals surface area contributed by atoms with Crippen molar-refractivity contribution in [1.82, 2.24) is 10.1 Å². The van der Waals surface area contributed by atoms with Gasteiger partial charge in [-0.15, -0.1) is 0 Å². The Kier molecular flexibility index (Phi) is 8.36. The molecule has 0 unspecified atom stereocenters. The molecular formula is C20H31N3O. The minimum Gasteiger partial charge on any atom is -0.399 e. The maximum atomic E-state index is 5.69. The summed E-state index contributed by atoms with van der Waals surface area (Å²) in [5.74, 6) is 1.39. The number of nitrogen functional groups attached to an aromatic ring is 1. The quantitative estimate of drug-likeness (QED) is 0.396. The highest BCUT2D eigenvalue weighted by molar-refractivity contribution is 5.56. The van der Waals surface area contributed by atoms with Gasteiger partial charge >= 0.3 is 0 Å². The van der Waals surface area contributed by atoms with Crippen molar-refractivity contribution >= 4 is 5.69 Å². The van der Waals surface area contributed by atoms with Crippen LogP contribution in [0.1, 0.15) is 77.0 Å². The normalized spacial score (nSPS) is 11.0. The van der Waals surface area contributed by atoms with Crippen molar-refractivity contribution in [1.29, 1.82) is 0 Å². The van der Waals surface area contributed by atoms with E-state index in [1.165, 1.54) is 57.8 Å². The Bertz CT molecular complexity index is 563. The Morgan fingerprint density at radius 1 is 0.833 bits per heavy atom. The monoisotopic (exact) mass is 329 g/mol. The van der Waals surface area contributed by atoms with Gasteiger partial charge in [0.2, 0.25) is 0 Å². The lowest BCUT2D eigenvalue weighted by Gasteiger charge is -2.01. The van der Waals surface area contributed by atoms with Crippen LogP contribution in [-0.4, -0.2) is 10.1 Å². The van der Waals surface area contributed by atoms with Crippen LogP contribution in [0.4, 0.5) is 5.69 Å². The molecule has 0 atom stereocenters. The van der Waals surface area contributed by atoms with Gasteiger partial charge in [-0.05, 0) is 30.7 Å². The molecule has 0 aliphatic heterocycles. The van der Waals surface area contributed by atoms with Crippen LogP contribution in [0.25, 0.3) is 11.5 Å². The van der Waals surface area contributed by atoms with Gasteiger partial charge in [-0.3, -0.25) is 0 Å². The lowest BCUT2D eigenvalue weighted by atomic mass is 10.1. The van der Waals surface area contributed by atoms with Crippen LogP contribution in [0.3, 0.4) is 0 Å². The number of benzene rings is 1. The van der Waals surface area contributed by atoms with Crippen molar-refractivity contribution < 1.29 is 4.52 Å². The van der Waals surface area contributed by atoms with E-state index in [0.29, 0.717) is 5.89 Å². The zero-order chi connectivity index (χ0) is 17.0. The third kappa shape index (κ3) is 6.73. The summed E-state index contributed by atoms with van der Waals surface area (Å²) in [6.07, 6.45) is 14.3. The fourth-order valence-electron chi connectivity index (χ4n) is 2.87. The number of hydrogen-bond donors (Lipinski definition) is 1. The second-order valence-electron chi connectivity index (χ2n) is 6.57. The van der Waals surface area contributed by atoms with Gasteiger partial charge in [0, 0.05) is 17.7 Å². The molecule has 1 aromatic heterocycles. The number of aryl methyl sites for hydroxylation is 1. The summed E-state index contributed by atoms with van der Waals surface area (Å²) in [5.41, 5.74) is 7.35.